The van der Waals surface area contributed by atoms with Crippen LogP contribution in [-0.2, 0) is 9.53 Å². The number of hydrogen-bond donors (Lipinski definition) is 1. The summed E-state index contributed by atoms with van der Waals surface area (Å²) in [5.41, 5.74) is 2.76. The monoisotopic (exact) mass is 485 g/mol. The Morgan fingerprint density at radius 3 is 2.47 bits per heavy atom. The lowest BCUT2D eigenvalue weighted by atomic mass is 10.1. The molecule has 8 heteroatoms. The number of esters is 1. The molecule has 0 fully saturated rings. The maximum absolute atomic E-state index is 12.8. The first-order valence-corrected chi connectivity index (χ1v) is 11.5. The molecule has 1 aromatic heterocycles. The van der Waals surface area contributed by atoms with Crippen molar-refractivity contribution < 1.29 is 23.8 Å². The summed E-state index contributed by atoms with van der Waals surface area (Å²) in [7, 11) is 1.57. The lowest BCUT2D eigenvalue weighted by molar-refractivity contribution is -0.122. The second kappa shape index (κ2) is 11.2. The summed E-state index contributed by atoms with van der Waals surface area (Å²) >= 11 is 0. The number of amides is 1. The molecule has 4 aromatic rings. The van der Waals surface area contributed by atoms with E-state index in [1.165, 1.54) is 0 Å². The molecule has 0 aliphatic rings. The zero-order valence-corrected chi connectivity index (χ0v) is 20.3. The van der Waals surface area contributed by atoms with Gasteiger partial charge in [0.15, 0.2) is 11.8 Å². The van der Waals surface area contributed by atoms with Crippen molar-refractivity contribution in [1.82, 2.24) is 9.78 Å². The van der Waals surface area contributed by atoms with E-state index in [-0.39, 0.29) is 18.2 Å². The number of ether oxygens (including phenoxy) is 3. The number of methoxy groups -OCH3 is 1. The second-order valence-electron chi connectivity index (χ2n) is 7.86. The SMILES string of the molecule is CCOC(=O)c1cc(-c2cccc(NC(=O)C(C)Oc3ccccc3)c2)n(-c2ccccc2OC)n1. The van der Waals surface area contributed by atoms with Crippen LogP contribution in [-0.4, -0.2) is 41.5 Å². The minimum absolute atomic E-state index is 0.164. The quantitative estimate of drug-likeness (QED) is 0.331. The van der Waals surface area contributed by atoms with Crippen LogP contribution >= 0.6 is 0 Å². The van der Waals surface area contributed by atoms with Crippen molar-refractivity contribution >= 4 is 17.6 Å². The Kier molecular flexibility index (Phi) is 7.65. The van der Waals surface area contributed by atoms with E-state index < -0.39 is 12.1 Å². The molecule has 0 aliphatic heterocycles. The van der Waals surface area contributed by atoms with Gasteiger partial charge in [-0.15, -0.1) is 0 Å². The maximum Gasteiger partial charge on any atom is 0.358 e. The van der Waals surface area contributed by atoms with Crippen molar-refractivity contribution in [3.05, 3.63) is 90.6 Å². The van der Waals surface area contributed by atoms with Gasteiger partial charge in [0.05, 0.1) is 19.4 Å². The predicted octanol–water partition coefficient (Wildman–Crippen LogP) is 5.13. The zero-order valence-electron chi connectivity index (χ0n) is 20.3. The Balaban J connectivity index is 1.65. The number of rotatable bonds is 9. The summed E-state index contributed by atoms with van der Waals surface area (Å²) in [5, 5.41) is 7.40. The molecule has 0 aliphatic carbocycles. The molecule has 0 radical (unpaired) electrons. The number of benzene rings is 3. The summed E-state index contributed by atoms with van der Waals surface area (Å²) in [6.07, 6.45) is -0.703. The molecule has 1 unspecified atom stereocenters. The molecule has 1 atom stereocenters. The lowest BCUT2D eigenvalue weighted by Gasteiger charge is -2.15. The molecule has 1 heterocycles. The van der Waals surface area contributed by atoms with Crippen LogP contribution in [0.15, 0.2) is 84.9 Å². The van der Waals surface area contributed by atoms with Crippen LogP contribution in [0.2, 0.25) is 0 Å². The summed E-state index contributed by atoms with van der Waals surface area (Å²) in [5.74, 6) is 0.389. The minimum Gasteiger partial charge on any atom is -0.494 e. The van der Waals surface area contributed by atoms with Gasteiger partial charge in [-0.05, 0) is 56.3 Å². The van der Waals surface area contributed by atoms with Gasteiger partial charge in [-0.25, -0.2) is 9.48 Å². The van der Waals surface area contributed by atoms with Crippen LogP contribution in [0.4, 0.5) is 5.69 Å². The number of hydrogen-bond acceptors (Lipinski definition) is 6. The van der Waals surface area contributed by atoms with Crippen molar-refractivity contribution in [3.63, 3.8) is 0 Å². The van der Waals surface area contributed by atoms with Gasteiger partial charge in [0.1, 0.15) is 17.2 Å². The standard InChI is InChI=1S/C28H27N3O5/c1-4-35-28(33)23-18-25(31(30-23)24-15-8-9-16-26(24)34-3)20-11-10-12-21(17-20)29-27(32)19(2)36-22-13-6-5-7-14-22/h5-19H,4H2,1-3H3,(H,29,32). The molecule has 1 amide bonds. The fraction of sp³-hybridized carbons (Fsp3) is 0.179. The summed E-state index contributed by atoms with van der Waals surface area (Å²) in [6.45, 7) is 3.67. The average Bonchev–Trinajstić information content (AvgIpc) is 3.35. The molecule has 3 aromatic carbocycles. The van der Waals surface area contributed by atoms with Crippen molar-refractivity contribution in [2.75, 3.05) is 19.0 Å². The van der Waals surface area contributed by atoms with Gasteiger partial charge in [-0.3, -0.25) is 4.79 Å². The van der Waals surface area contributed by atoms with E-state index in [2.05, 4.69) is 10.4 Å². The van der Waals surface area contributed by atoms with Crippen LogP contribution in [0.1, 0.15) is 24.3 Å². The molecule has 4 rings (SSSR count). The van der Waals surface area contributed by atoms with E-state index >= 15 is 0 Å². The molecule has 1 N–H and O–H groups in total. The Hall–Kier alpha value is -4.59. The third-order valence-electron chi connectivity index (χ3n) is 5.36. The van der Waals surface area contributed by atoms with Crippen molar-refractivity contribution in [2.24, 2.45) is 0 Å². The highest BCUT2D eigenvalue weighted by atomic mass is 16.5. The Labute approximate surface area is 209 Å². The largest absolute Gasteiger partial charge is 0.494 e. The van der Waals surface area contributed by atoms with Gasteiger partial charge in [-0.1, -0.05) is 42.5 Å². The number of aromatic nitrogens is 2. The fourth-order valence-electron chi connectivity index (χ4n) is 3.64. The zero-order chi connectivity index (χ0) is 25.5. The molecule has 184 valence electrons. The van der Waals surface area contributed by atoms with Crippen molar-refractivity contribution in [1.29, 1.82) is 0 Å². The van der Waals surface area contributed by atoms with E-state index in [0.29, 0.717) is 28.6 Å². The molecule has 0 bridgehead atoms. The topological polar surface area (TPSA) is 91.7 Å². The lowest BCUT2D eigenvalue weighted by Crippen LogP contribution is -2.30. The highest BCUT2D eigenvalue weighted by Gasteiger charge is 2.20. The Morgan fingerprint density at radius 1 is 0.972 bits per heavy atom. The van der Waals surface area contributed by atoms with E-state index in [1.54, 1.807) is 49.9 Å². The molecule has 36 heavy (non-hydrogen) atoms. The number of para-hydroxylation sites is 3. The van der Waals surface area contributed by atoms with Crippen molar-refractivity contribution in [3.8, 4) is 28.4 Å². The van der Waals surface area contributed by atoms with Crippen LogP contribution in [0.3, 0.4) is 0 Å². The minimum atomic E-state index is -0.703. The van der Waals surface area contributed by atoms with E-state index in [4.69, 9.17) is 14.2 Å². The van der Waals surface area contributed by atoms with Crippen LogP contribution < -0.4 is 14.8 Å². The van der Waals surface area contributed by atoms with E-state index in [1.807, 2.05) is 60.7 Å². The third kappa shape index (κ3) is 5.55. The van der Waals surface area contributed by atoms with Crippen LogP contribution in [0, 0.1) is 0 Å². The third-order valence-corrected chi connectivity index (χ3v) is 5.36. The van der Waals surface area contributed by atoms with Gasteiger partial charge in [0.2, 0.25) is 0 Å². The number of carbonyl (C=O) groups excluding carboxylic acids is 2. The smallest absolute Gasteiger partial charge is 0.358 e. The van der Waals surface area contributed by atoms with E-state index in [0.717, 1.165) is 5.56 Å². The molecular formula is C28H27N3O5. The summed E-state index contributed by atoms with van der Waals surface area (Å²) in [4.78, 5) is 25.2. The number of anilines is 1. The Morgan fingerprint density at radius 2 is 1.72 bits per heavy atom. The Bertz CT molecular complexity index is 1350. The highest BCUT2D eigenvalue weighted by Crippen LogP contribution is 2.30. The van der Waals surface area contributed by atoms with E-state index in [9.17, 15) is 9.59 Å². The molecule has 8 nitrogen and oxygen atoms in total. The first-order valence-electron chi connectivity index (χ1n) is 11.5. The number of nitrogens with zero attached hydrogens (tertiary/aromatic N) is 2. The first kappa shape index (κ1) is 24.5. The summed E-state index contributed by atoms with van der Waals surface area (Å²) < 4.78 is 18.0. The van der Waals surface area contributed by atoms with Gasteiger partial charge in [-0.2, -0.15) is 5.10 Å². The second-order valence-corrected chi connectivity index (χ2v) is 7.86. The molecule has 0 saturated carbocycles. The molecule has 0 saturated heterocycles. The normalized spacial score (nSPS) is 11.4. The fourth-order valence-corrected chi connectivity index (χ4v) is 3.64. The predicted molar refractivity (Wildman–Crippen MR) is 137 cm³/mol. The molecular weight excluding hydrogens is 458 g/mol. The van der Waals surface area contributed by atoms with Crippen LogP contribution in [0.25, 0.3) is 16.9 Å². The maximum atomic E-state index is 12.8. The average molecular weight is 486 g/mol. The summed E-state index contributed by atoms with van der Waals surface area (Å²) in [6, 6.07) is 25.5. The number of nitrogens with one attached hydrogen (secondary N) is 1. The van der Waals surface area contributed by atoms with Gasteiger partial charge >= 0.3 is 5.97 Å². The highest BCUT2D eigenvalue weighted by molar-refractivity contribution is 5.95. The van der Waals surface area contributed by atoms with Gasteiger partial charge in [0, 0.05) is 11.3 Å². The first-order chi connectivity index (χ1) is 17.5. The van der Waals surface area contributed by atoms with Crippen molar-refractivity contribution in [2.45, 2.75) is 20.0 Å². The van der Waals surface area contributed by atoms with Gasteiger partial charge in [0.25, 0.3) is 5.91 Å². The van der Waals surface area contributed by atoms with Crippen LogP contribution in [0.5, 0.6) is 11.5 Å². The van der Waals surface area contributed by atoms with Gasteiger partial charge < -0.3 is 19.5 Å². The number of carbonyl (C=O) groups is 2. The molecule has 0 spiro atoms.